The highest BCUT2D eigenvalue weighted by molar-refractivity contribution is 7.91. The van der Waals surface area contributed by atoms with Gasteiger partial charge in [0.1, 0.15) is 0 Å². The monoisotopic (exact) mass is 221 g/mol. The number of nitrogens with one attached hydrogen (secondary N) is 1. The number of rotatable bonds is 4. The first-order valence-corrected chi connectivity index (χ1v) is 6.93. The van der Waals surface area contributed by atoms with Crippen LogP contribution in [-0.2, 0) is 9.84 Å². The minimum atomic E-state index is -2.87. The fourth-order valence-corrected chi connectivity index (χ4v) is 3.18. The number of aliphatic hydroxyl groups is 1. The van der Waals surface area contributed by atoms with Crippen LogP contribution in [-0.4, -0.2) is 43.7 Å². The van der Waals surface area contributed by atoms with Crippen LogP contribution in [0.2, 0.25) is 0 Å². The number of sulfone groups is 1. The second-order valence-corrected chi connectivity index (χ2v) is 6.36. The lowest BCUT2D eigenvalue weighted by atomic mass is 9.97. The minimum absolute atomic E-state index is 0.122. The van der Waals surface area contributed by atoms with Gasteiger partial charge in [0.15, 0.2) is 9.84 Å². The second kappa shape index (κ2) is 4.59. The molecule has 0 saturated carbocycles. The first kappa shape index (κ1) is 11.9. The van der Waals surface area contributed by atoms with Crippen molar-refractivity contribution in [2.24, 2.45) is 0 Å². The van der Waals surface area contributed by atoms with Crippen LogP contribution in [0, 0.1) is 0 Å². The summed E-state index contributed by atoms with van der Waals surface area (Å²) in [5, 5.41) is 13.1. The van der Waals surface area contributed by atoms with E-state index < -0.39 is 15.4 Å². The van der Waals surface area contributed by atoms with Crippen LogP contribution in [0.3, 0.4) is 0 Å². The molecular formula is C9H19NO3S. The van der Waals surface area contributed by atoms with E-state index in [1.807, 2.05) is 0 Å². The van der Waals surface area contributed by atoms with E-state index in [0.717, 1.165) is 13.0 Å². The minimum Gasteiger partial charge on any atom is -0.388 e. The quantitative estimate of drug-likeness (QED) is 0.652. The van der Waals surface area contributed by atoms with Crippen LogP contribution in [0.5, 0.6) is 0 Å². The number of hydrogen-bond donors (Lipinski definition) is 2. The second-order valence-electron chi connectivity index (χ2n) is 4.05. The van der Waals surface area contributed by atoms with Crippen molar-refractivity contribution >= 4 is 9.84 Å². The average Bonchev–Trinajstić information content (AvgIpc) is 2.12. The molecule has 1 saturated heterocycles. The third-order valence-corrected chi connectivity index (χ3v) is 4.29. The zero-order valence-electron chi connectivity index (χ0n) is 8.62. The Hall–Kier alpha value is -0.130. The average molecular weight is 221 g/mol. The Kier molecular flexibility index (Phi) is 3.92. The van der Waals surface area contributed by atoms with Crippen molar-refractivity contribution in [3.8, 4) is 0 Å². The van der Waals surface area contributed by atoms with Gasteiger partial charge in [-0.2, -0.15) is 0 Å². The molecule has 0 radical (unpaired) electrons. The molecule has 0 aliphatic carbocycles. The van der Waals surface area contributed by atoms with Gasteiger partial charge < -0.3 is 10.4 Å². The Morgan fingerprint density at radius 2 is 1.93 bits per heavy atom. The molecule has 1 aliphatic rings. The van der Waals surface area contributed by atoms with E-state index in [9.17, 15) is 13.5 Å². The van der Waals surface area contributed by atoms with Crippen molar-refractivity contribution in [1.82, 2.24) is 5.32 Å². The van der Waals surface area contributed by atoms with Crippen LogP contribution >= 0.6 is 0 Å². The zero-order valence-corrected chi connectivity index (χ0v) is 9.44. The highest BCUT2D eigenvalue weighted by Crippen LogP contribution is 2.22. The van der Waals surface area contributed by atoms with E-state index >= 15 is 0 Å². The van der Waals surface area contributed by atoms with Gasteiger partial charge in [-0.1, -0.05) is 6.92 Å². The molecule has 0 atom stereocenters. The topological polar surface area (TPSA) is 66.4 Å². The van der Waals surface area contributed by atoms with Crippen LogP contribution in [0.15, 0.2) is 0 Å². The summed E-state index contributed by atoms with van der Waals surface area (Å²) in [5.41, 5.74) is -0.805. The van der Waals surface area contributed by atoms with E-state index in [2.05, 4.69) is 12.2 Å². The van der Waals surface area contributed by atoms with E-state index in [-0.39, 0.29) is 11.5 Å². The van der Waals surface area contributed by atoms with Gasteiger partial charge in [0, 0.05) is 6.54 Å². The van der Waals surface area contributed by atoms with Gasteiger partial charge in [-0.05, 0) is 25.8 Å². The van der Waals surface area contributed by atoms with Gasteiger partial charge in [-0.15, -0.1) is 0 Å². The molecule has 1 rings (SSSR count). The van der Waals surface area contributed by atoms with Gasteiger partial charge in [0.05, 0.1) is 17.1 Å². The van der Waals surface area contributed by atoms with E-state index in [1.54, 1.807) is 0 Å². The molecule has 14 heavy (non-hydrogen) atoms. The van der Waals surface area contributed by atoms with Crippen molar-refractivity contribution in [3.05, 3.63) is 0 Å². The molecule has 0 aromatic heterocycles. The standard InChI is InChI=1S/C9H19NO3S/c1-2-5-10-8-9(11)3-6-14(12,13)7-4-9/h10-11H,2-8H2,1H3. The summed E-state index contributed by atoms with van der Waals surface area (Å²) in [7, 11) is -2.87. The summed E-state index contributed by atoms with van der Waals surface area (Å²) in [6.07, 6.45) is 1.76. The van der Waals surface area contributed by atoms with Crippen LogP contribution in [0.1, 0.15) is 26.2 Å². The van der Waals surface area contributed by atoms with E-state index in [0.29, 0.717) is 19.4 Å². The maximum absolute atomic E-state index is 11.1. The molecule has 0 spiro atoms. The van der Waals surface area contributed by atoms with Gasteiger partial charge in [-0.3, -0.25) is 0 Å². The van der Waals surface area contributed by atoms with Crippen molar-refractivity contribution in [1.29, 1.82) is 0 Å². The highest BCUT2D eigenvalue weighted by Gasteiger charge is 2.34. The lowest BCUT2D eigenvalue weighted by Crippen LogP contribution is -2.46. The lowest BCUT2D eigenvalue weighted by Gasteiger charge is -2.32. The summed E-state index contributed by atoms with van der Waals surface area (Å²) in [6, 6.07) is 0. The Balaban J connectivity index is 2.37. The van der Waals surface area contributed by atoms with Crippen LogP contribution in [0.4, 0.5) is 0 Å². The summed E-state index contributed by atoms with van der Waals surface area (Å²) < 4.78 is 22.3. The molecule has 5 heteroatoms. The van der Waals surface area contributed by atoms with E-state index in [4.69, 9.17) is 0 Å². The molecule has 0 unspecified atom stereocenters. The third-order valence-electron chi connectivity index (χ3n) is 2.64. The lowest BCUT2D eigenvalue weighted by molar-refractivity contribution is 0.0308. The first-order chi connectivity index (χ1) is 6.47. The van der Waals surface area contributed by atoms with Crippen molar-refractivity contribution < 1.29 is 13.5 Å². The fourth-order valence-electron chi connectivity index (χ4n) is 1.59. The smallest absolute Gasteiger partial charge is 0.150 e. The molecule has 2 N–H and O–H groups in total. The van der Waals surface area contributed by atoms with Crippen molar-refractivity contribution in [2.45, 2.75) is 31.8 Å². The summed E-state index contributed by atoms with van der Waals surface area (Å²) in [6.45, 7) is 3.44. The molecule has 1 heterocycles. The highest BCUT2D eigenvalue weighted by atomic mass is 32.2. The van der Waals surface area contributed by atoms with Crippen molar-refractivity contribution in [3.63, 3.8) is 0 Å². The SMILES string of the molecule is CCCNCC1(O)CCS(=O)(=O)CC1. The maximum atomic E-state index is 11.1. The van der Waals surface area contributed by atoms with Crippen LogP contribution in [0.25, 0.3) is 0 Å². The largest absolute Gasteiger partial charge is 0.388 e. The fraction of sp³-hybridized carbons (Fsp3) is 1.00. The Morgan fingerprint density at radius 1 is 1.36 bits per heavy atom. The molecule has 0 bridgehead atoms. The Labute approximate surface area is 85.6 Å². The van der Waals surface area contributed by atoms with Gasteiger partial charge >= 0.3 is 0 Å². The van der Waals surface area contributed by atoms with Crippen molar-refractivity contribution in [2.75, 3.05) is 24.6 Å². The Morgan fingerprint density at radius 3 is 2.43 bits per heavy atom. The molecule has 1 fully saturated rings. The Bertz CT molecular complexity index is 260. The van der Waals surface area contributed by atoms with Crippen LogP contribution < -0.4 is 5.32 Å². The first-order valence-electron chi connectivity index (χ1n) is 5.11. The van der Waals surface area contributed by atoms with E-state index in [1.165, 1.54) is 0 Å². The molecule has 1 aliphatic heterocycles. The molecule has 0 amide bonds. The molecule has 0 aromatic carbocycles. The zero-order chi connectivity index (χ0) is 10.7. The molecular weight excluding hydrogens is 202 g/mol. The predicted octanol–water partition coefficient (Wildman–Crippen LogP) is -0.0743. The summed E-state index contributed by atoms with van der Waals surface area (Å²) in [5.74, 6) is 0.245. The number of hydrogen-bond acceptors (Lipinski definition) is 4. The predicted molar refractivity (Wildman–Crippen MR) is 56.0 cm³/mol. The molecule has 84 valence electrons. The normalized spacial score (nSPS) is 24.7. The van der Waals surface area contributed by atoms with Gasteiger partial charge in [0.2, 0.25) is 0 Å². The third kappa shape index (κ3) is 3.55. The summed E-state index contributed by atoms with van der Waals surface area (Å²) in [4.78, 5) is 0. The maximum Gasteiger partial charge on any atom is 0.150 e. The summed E-state index contributed by atoms with van der Waals surface area (Å²) >= 11 is 0. The molecule has 4 nitrogen and oxygen atoms in total. The van der Waals surface area contributed by atoms with Gasteiger partial charge in [0.25, 0.3) is 0 Å². The van der Waals surface area contributed by atoms with Gasteiger partial charge in [-0.25, -0.2) is 8.42 Å². The molecule has 0 aromatic rings.